The highest BCUT2D eigenvalue weighted by molar-refractivity contribution is 7.92. The van der Waals surface area contributed by atoms with Crippen molar-refractivity contribution in [3.8, 4) is 0 Å². The van der Waals surface area contributed by atoms with Crippen molar-refractivity contribution in [3.63, 3.8) is 0 Å². The van der Waals surface area contributed by atoms with Gasteiger partial charge in [-0.3, -0.25) is 13.9 Å². The van der Waals surface area contributed by atoms with Crippen LogP contribution in [0.4, 0.5) is 5.69 Å². The fraction of sp³-hybridized carbons (Fsp3) is 0.440. The average molecular weight is 508 g/mol. The maximum atomic E-state index is 13.5. The second-order valence-electron chi connectivity index (χ2n) is 8.53. The number of halogens is 1. The lowest BCUT2D eigenvalue weighted by molar-refractivity contribution is -0.139. The number of anilines is 1. The van der Waals surface area contributed by atoms with E-state index in [9.17, 15) is 18.0 Å². The largest absolute Gasteiger partial charge is 0.354 e. The monoisotopic (exact) mass is 507 g/mol. The van der Waals surface area contributed by atoms with E-state index in [-0.39, 0.29) is 12.5 Å². The molecule has 34 heavy (non-hydrogen) atoms. The molecule has 0 aliphatic heterocycles. The van der Waals surface area contributed by atoms with Crippen LogP contribution < -0.4 is 9.62 Å². The lowest BCUT2D eigenvalue weighted by Crippen LogP contribution is -2.51. The number of aryl methyl sites for hydroxylation is 2. The fourth-order valence-corrected chi connectivity index (χ4v) is 4.75. The summed E-state index contributed by atoms with van der Waals surface area (Å²) in [5.41, 5.74) is 2.90. The molecule has 0 radical (unpaired) electrons. The number of nitrogens with one attached hydrogen (secondary N) is 1. The average Bonchev–Trinajstić information content (AvgIpc) is 2.75. The van der Waals surface area contributed by atoms with Gasteiger partial charge in [-0.05, 0) is 56.5 Å². The van der Waals surface area contributed by atoms with Gasteiger partial charge in [0, 0.05) is 18.1 Å². The molecule has 2 rings (SSSR count). The van der Waals surface area contributed by atoms with E-state index in [2.05, 4.69) is 5.32 Å². The predicted octanol–water partition coefficient (Wildman–Crippen LogP) is 4.06. The summed E-state index contributed by atoms with van der Waals surface area (Å²) in [6.45, 7) is 7.60. The van der Waals surface area contributed by atoms with Gasteiger partial charge in [-0.15, -0.1) is 0 Å². The summed E-state index contributed by atoms with van der Waals surface area (Å²) < 4.78 is 26.4. The zero-order valence-corrected chi connectivity index (χ0v) is 22.0. The van der Waals surface area contributed by atoms with Crippen LogP contribution in [0.1, 0.15) is 43.4 Å². The van der Waals surface area contributed by atoms with Gasteiger partial charge in [0.15, 0.2) is 0 Å². The number of rotatable bonds is 11. The Labute approximate surface area is 208 Å². The molecule has 1 N–H and O–H groups in total. The molecule has 0 aromatic heterocycles. The van der Waals surface area contributed by atoms with Crippen molar-refractivity contribution in [1.82, 2.24) is 10.2 Å². The second kappa shape index (κ2) is 12.2. The molecule has 0 bridgehead atoms. The Morgan fingerprint density at radius 1 is 1.12 bits per heavy atom. The minimum Gasteiger partial charge on any atom is -0.354 e. The van der Waals surface area contributed by atoms with Crippen molar-refractivity contribution in [2.45, 2.75) is 53.1 Å². The van der Waals surface area contributed by atoms with Gasteiger partial charge in [0.2, 0.25) is 21.8 Å². The van der Waals surface area contributed by atoms with Crippen LogP contribution in [0.2, 0.25) is 5.02 Å². The Hall–Kier alpha value is -2.58. The maximum absolute atomic E-state index is 13.5. The summed E-state index contributed by atoms with van der Waals surface area (Å²) >= 11 is 6.12. The van der Waals surface area contributed by atoms with Crippen molar-refractivity contribution in [3.05, 3.63) is 64.2 Å². The number of sulfonamides is 1. The third-order valence-corrected chi connectivity index (χ3v) is 6.90. The minimum atomic E-state index is -3.76. The van der Waals surface area contributed by atoms with E-state index >= 15 is 0 Å². The lowest BCUT2D eigenvalue weighted by atomic mass is 10.1. The van der Waals surface area contributed by atoms with Crippen molar-refractivity contribution in [2.24, 2.45) is 0 Å². The van der Waals surface area contributed by atoms with Crippen LogP contribution in [0.25, 0.3) is 0 Å². The summed E-state index contributed by atoms with van der Waals surface area (Å²) in [4.78, 5) is 27.7. The Bertz CT molecular complexity index is 1120. The molecule has 0 saturated heterocycles. The van der Waals surface area contributed by atoms with Gasteiger partial charge in [-0.25, -0.2) is 8.42 Å². The first-order valence-electron chi connectivity index (χ1n) is 11.3. The number of benzene rings is 2. The predicted molar refractivity (Wildman–Crippen MR) is 137 cm³/mol. The van der Waals surface area contributed by atoms with Crippen LogP contribution in [0.5, 0.6) is 0 Å². The van der Waals surface area contributed by atoms with Gasteiger partial charge < -0.3 is 10.2 Å². The molecule has 9 heteroatoms. The smallest absolute Gasteiger partial charge is 0.244 e. The normalized spacial score (nSPS) is 12.2. The molecule has 2 aromatic carbocycles. The summed E-state index contributed by atoms with van der Waals surface area (Å²) in [7, 11) is -3.76. The molecule has 7 nitrogen and oxygen atoms in total. The number of amides is 2. The molecule has 0 aliphatic carbocycles. The molecule has 186 valence electrons. The molecule has 1 atom stereocenters. The van der Waals surface area contributed by atoms with Gasteiger partial charge in [-0.1, -0.05) is 54.8 Å². The van der Waals surface area contributed by atoms with Gasteiger partial charge in [0.25, 0.3) is 0 Å². The first-order chi connectivity index (χ1) is 15.9. The van der Waals surface area contributed by atoms with E-state index < -0.39 is 28.5 Å². The van der Waals surface area contributed by atoms with E-state index in [1.165, 1.54) is 4.90 Å². The number of hydrogen-bond donors (Lipinski definition) is 1. The molecule has 0 saturated carbocycles. The summed E-state index contributed by atoms with van der Waals surface area (Å²) in [6, 6.07) is 11.6. The highest BCUT2D eigenvalue weighted by atomic mass is 35.5. The van der Waals surface area contributed by atoms with Crippen LogP contribution in [0.3, 0.4) is 0 Å². The first-order valence-corrected chi connectivity index (χ1v) is 13.5. The molecule has 0 fully saturated rings. The standard InChI is InChI=1S/C25H34ClN3O4S/c1-6-7-13-27-25(31)20(4)28(16-21-9-8-10-22(26)15-21)24(30)17-29(34(5,32)33)23-12-11-18(2)14-19(23)3/h8-12,14-15,20H,6-7,13,16-17H2,1-5H3,(H,27,31). The van der Waals surface area contributed by atoms with E-state index in [4.69, 9.17) is 11.6 Å². The van der Waals surface area contributed by atoms with Gasteiger partial charge in [0.05, 0.1) is 11.9 Å². The number of carbonyl (C=O) groups excluding carboxylic acids is 2. The minimum absolute atomic E-state index is 0.117. The molecular formula is C25H34ClN3O4S. The first kappa shape index (κ1) is 27.7. The Kier molecular flexibility index (Phi) is 9.94. The Morgan fingerprint density at radius 3 is 2.41 bits per heavy atom. The number of carbonyl (C=O) groups is 2. The summed E-state index contributed by atoms with van der Waals surface area (Å²) in [5.74, 6) is -0.773. The molecule has 0 aliphatic rings. The van der Waals surface area contributed by atoms with E-state index in [0.29, 0.717) is 17.3 Å². The number of unbranched alkanes of at least 4 members (excludes halogenated alkanes) is 1. The van der Waals surface area contributed by atoms with Crippen LogP contribution in [-0.4, -0.2) is 50.5 Å². The lowest BCUT2D eigenvalue weighted by Gasteiger charge is -2.32. The SMILES string of the molecule is CCCCNC(=O)C(C)N(Cc1cccc(Cl)c1)C(=O)CN(c1ccc(C)cc1C)S(C)(=O)=O. The topological polar surface area (TPSA) is 86.8 Å². The fourth-order valence-electron chi connectivity index (χ4n) is 3.63. The van der Waals surface area contributed by atoms with E-state index in [0.717, 1.165) is 40.1 Å². The highest BCUT2D eigenvalue weighted by Gasteiger charge is 2.30. The third kappa shape index (κ3) is 7.74. The Morgan fingerprint density at radius 2 is 1.82 bits per heavy atom. The van der Waals surface area contributed by atoms with Gasteiger partial charge in [-0.2, -0.15) is 0 Å². The van der Waals surface area contributed by atoms with Gasteiger partial charge in [0.1, 0.15) is 12.6 Å². The van der Waals surface area contributed by atoms with Crippen molar-refractivity contribution in [1.29, 1.82) is 0 Å². The summed E-state index contributed by atoms with van der Waals surface area (Å²) in [5, 5.41) is 3.37. The Balaban J connectivity index is 2.38. The van der Waals surface area contributed by atoms with E-state index in [1.807, 2.05) is 26.0 Å². The number of hydrogen-bond acceptors (Lipinski definition) is 4. The van der Waals surface area contributed by atoms with Crippen LogP contribution in [0, 0.1) is 13.8 Å². The zero-order chi connectivity index (χ0) is 25.5. The summed E-state index contributed by atoms with van der Waals surface area (Å²) in [6.07, 6.45) is 2.83. The van der Waals surface area contributed by atoms with Crippen LogP contribution >= 0.6 is 11.6 Å². The maximum Gasteiger partial charge on any atom is 0.244 e. The highest BCUT2D eigenvalue weighted by Crippen LogP contribution is 2.24. The molecule has 0 heterocycles. The number of nitrogens with zero attached hydrogens (tertiary/aromatic N) is 2. The van der Waals surface area contributed by atoms with Crippen molar-refractivity contribution < 1.29 is 18.0 Å². The molecule has 2 aromatic rings. The third-order valence-electron chi connectivity index (χ3n) is 5.54. The van der Waals surface area contributed by atoms with Gasteiger partial charge >= 0.3 is 0 Å². The van der Waals surface area contributed by atoms with Crippen molar-refractivity contribution in [2.75, 3.05) is 23.7 Å². The zero-order valence-electron chi connectivity index (χ0n) is 20.5. The molecule has 1 unspecified atom stereocenters. The molecule has 0 spiro atoms. The molecule has 2 amide bonds. The quantitative estimate of drug-likeness (QED) is 0.465. The van der Waals surface area contributed by atoms with Crippen molar-refractivity contribution >= 4 is 39.1 Å². The van der Waals surface area contributed by atoms with Crippen LogP contribution in [0.15, 0.2) is 42.5 Å². The van der Waals surface area contributed by atoms with Crippen LogP contribution in [-0.2, 0) is 26.2 Å². The second-order valence-corrected chi connectivity index (χ2v) is 10.9. The van der Waals surface area contributed by atoms with E-state index in [1.54, 1.807) is 44.2 Å². The molecular weight excluding hydrogens is 474 g/mol.